The molecule has 0 bridgehead atoms. The van der Waals surface area contributed by atoms with Crippen LogP contribution in [0.25, 0.3) is 17.3 Å². The average molecular weight is 306 g/mol. The van der Waals surface area contributed by atoms with E-state index in [1.54, 1.807) is 18.6 Å². The van der Waals surface area contributed by atoms with Crippen molar-refractivity contribution in [2.75, 3.05) is 5.32 Å². The standard InChI is InChI=1S/C17H18N6/c1-12-13(2)21-15(10-20-12)6-8-19-17-22-16(11-23(17)3)14-5-4-7-18-9-14/h4-11H,1-3H3,(H,19,22)/b8-6+. The number of aromatic nitrogens is 5. The van der Waals surface area contributed by atoms with Crippen LogP contribution in [0.5, 0.6) is 0 Å². The van der Waals surface area contributed by atoms with Gasteiger partial charge in [-0.3, -0.25) is 15.0 Å². The Bertz CT molecular complexity index is 836. The van der Waals surface area contributed by atoms with Crippen LogP contribution >= 0.6 is 0 Å². The fourth-order valence-electron chi connectivity index (χ4n) is 2.10. The van der Waals surface area contributed by atoms with E-state index in [1.807, 2.05) is 56.1 Å². The van der Waals surface area contributed by atoms with Gasteiger partial charge in [0.25, 0.3) is 0 Å². The molecular weight excluding hydrogens is 288 g/mol. The van der Waals surface area contributed by atoms with Gasteiger partial charge in [-0.25, -0.2) is 4.98 Å². The number of anilines is 1. The molecule has 0 radical (unpaired) electrons. The Morgan fingerprint density at radius 3 is 2.74 bits per heavy atom. The molecule has 3 heterocycles. The van der Waals surface area contributed by atoms with Crippen molar-refractivity contribution in [1.82, 2.24) is 24.5 Å². The van der Waals surface area contributed by atoms with Crippen LogP contribution < -0.4 is 5.32 Å². The Hall–Kier alpha value is -3.02. The second-order valence-corrected chi connectivity index (χ2v) is 5.25. The summed E-state index contributed by atoms with van der Waals surface area (Å²) in [6.45, 7) is 3.90. The Morgan fingerprint density at radius 2 is 2.00 bits per heavy atom. The Labute approximate surface area is 135 Å². The molecule has 6 nitrogen and oxygen atoms in total. The lowest BCUT2D eigenvalue weighted by Crippen LogP contribution is -1.97. The van der Waals surface area contributed by atoms with Gasteiger partial charge in [-0.05, 0) is 32.1 Å². The molecule has 0 aromatic carbocycles. The van der Waals surface area contributed by atoms with Gasteiger partial charge in [-0.15, -0.1) is 0 Å². The molecule has 0 aliphatic heterocycles. The second-order valence-electron chi connectivity index (χ2n) is 5.25. The molecule has 0 spiro atoms. The van der Waals surface area contributed by atoms with Crippen molar-refractivity contribution in [3.63, 3.8) is 0 Å². The van der Waals surface area contributed by atoms with Crippen LogP contribution in [0.2, 0.25) is 0 Å². The molecule has 0 fully saturated rings. The Balaban J connectivity index is 1.74. The highest BCUT2D eigenvalue weighted by Gasteiger charge is 2.06. The second kappa shape index (κ2) is 6.39. The van der Waals surface area contributed by atoms with Crippen molar-refractivity contribution in [3.05, 3.63) is 60.2 Å². The van der Waals surface area contributed by atoms with E-state index in [-0.39, 0.29) is 0 Å². The lowest BCUT2D eigenvalue weighted by atomic mass is 10.2. The summed E-state index contributed by atoms with van der Waals surface area (Å²) in [6, 6.07) is 3.88. The van der Waals surface area contributed by atoms with Crippen LogP contribution in [0.15, 0.2) is 43.1 Å². The molecule has 0 unspecified atom stereocenters. The summed E-state index contributed by atoms with van der Waals surface area (Å²) in [6.07, 6.45) is 10.9. The zero-order valence-electron chi connectivity index (χ0n) is 13.4. The minimum atomic E-state index is 0.747. The first-order chi connectivity index (χ1) is 11.1. The van der Waals surface area contributed by atoms with Gasteiger partial charge < -0.3 is 9.88 Å². The largest absolute Gasteiger partial charge is 0.332 e. The first-order valence-corrected chi connectivity index (χ1v) is 7.30. The van der Waals surface area contributed by atoms with E-state index in [0.29, 0.717) is 0 Å². The van der Waals surface area contributed by atoms with Gasteiger partial charge in [0.15, 0.2) is 0 Å². The van der Waals surface area contributed by atoms with Crippen LogP contribution in [-0.2, 0) is 7.05 Å². The molecule has 0 amide bonds. The Morgan fingerprint density at radius 1 is 1.13 bits per heavy atom. The highest BCUT2D eigenvalue weighted by Crippen LogP contribution is 2.19. The smallest absolute Gasteiger partial charge is 0.207 e. The lowest BCUT2D eigenvalue weighted by Gasteiger charge is -2.01. The van der Waals surface area contributed by atoms with Crippen molar-refractivity contribution in [3.8, 4) is 11.3 Å². The van der Waals surface area contributed by atoms with Gasteiger partial charge in [0.1, 0.15) is 0 Å². The first kappa shape index (κ1) is 14.9. The topological polar surface area (TPSA) is 68.5 Å². The van der Waals surface area contributed by atoms with Gasteiger partial charge in [0.05, 0.1) is 29.0 Å². The summed E-state index contributed by atoms with van der Waals surface area (Å²) in [4.78, 5) is 17.4. The molecule has 1 N–H and O–H groups in total. The quantitative estimate of drug-likeness (QED) is 0.802. The summed E-state index contributed by atoms with van der Waals surface area (Å²) >= 11 is 0. The third-order valence-electron chi connectivity index (χ3n) is 3.51. The molecule has 3 aromatic heterocycles. The fourth-order valence-corrected chi connectivity index (χ4v) is 2.10. The number of hydrogen-bond donors (Lipinski definition) is 1. The van der Waals surface area contributed by atoms with E-state index in [4.69, 9.17) is 0 Å². The number of pyridine rings is 1. The maximum atomic E-state index is 4.57. The van der Waals surface area contributed by atoms with Crippen molar-refractivity contribution >= 4 is 12.0 Å². The van der Waals surface area contributed by atoms with Crippen molar-refractivity contribution in [2.24, 2.45) is 7.05 Å². The van der Waals surface area contributed by atoms with Gasteiger partial charge >= 0.3 is 0 Å². The highest BCUT2D eigenvalue weighted by atomic mass is 15.2. The maximum Gasteiger partial charge on any atom is 0.207 e. The number of nitrogens with zero attached hydrogens (tertiary/aromatic N) is 5. The normalized spacial score (nSPS) is 11.1. The molecule has 6 heteroatoms. The molecule has 116 valence electrons. The molecule has 23 heavy (non-hydrogen) atoms. The van der Waals surface area contributed by atoms with Gasteiger partial charge in [0.2, 0.25) is 5.95 Å². The maximum absolute atomic E-state index is 4.57. The van der Waals surface area contributed by atoms with E-state index in [1.165, 1.54) is 0 Å². The monoisotopic (exact) mass is 306 g/mol. The van der Waals surface area contributed by atoms with E-state index < -0.39 is 0 Å². The number of rotatable bonds is 4. The molecular formula is C17H18N6. The SMILES string of the molecule is Cc1ncc(/C=C/Nc2nc(-c3cccnc3)cn2C)nc1C. The summed E-state index contributed by atoms with van der Waals surface area (Å²) in [7, 11) is 1.94. The third kappa shape index (κ3) is 3.42. The minimum Gasteiger partial charge on any atom is -0.332 e. The molecule has 3 aromatic rings. The van der Waals surface area contributed by atoms with E-state index in [2.05, 4.69) is 25.3 Å². The van der Waals surface area contributed by atoms with Crippen molar-refractivity contribution in [1.29, 1.82) is 0 Å². The molecule has 3 rings (SSSR count). The molecule has 0 aliphatic carbocycles. The van der Waals surface area contributed by atoms with Crippen molar-refractivity contribution < 1.29 is 0 Å². The zero-order chi connectivity index (χ0) is 16.2. The van der Waals surface area contributed by atoms with Gasteiger partial charge in [-0.1, -0.05) is 0 Å². The molecule has 0 saturated heterocycles. The zero-order valence-corrected chi connectivity index (χ0v) is 13.4. The van der Waals surface area contributed by atoms with Crippen LogP contribution in [0.1, 0.15) is 17.1 Å². The number of imidazole rings is 1. The lowest BCUT2D eigenvalue weighted by molar-refractivity contribution is 0.924. The third-order valence-corrected chi connectivity index (χ3v) is 3.51. The van der Waals surface area contributed by atoms with Gasteiger partial charge in [-0.2, -0.15) is 0 Å². The minimum absolute atomic E-state index is 0.747. The van der Waals surface area contributed by atoms with Crippen molar-refractivity contribution in [2.45, 2.75) is 13.8 Å². The molecule has 0 atom stereocenters. The predicted octanol–water partition coefficient (Wildman–Crippen LogP) is 2.97. The van der Waals surface area contributed by atoms with E-state index >= 15 is 0 Å². The number of nitrogens with one attached hydrogen (secondary N) is 1. The summed E-state index contributed by atoms with van der Waals surface area (Å²) in [5.74, 6) is 0.747. The molecule has 0 aliphatic rings. The van der Waals surface area contributed by atoms with Crippen LogP contribution in [-0.4, -0.2) is 24.5 Å². The van der Waals surface area contributed by atoms with Gasteiger partial charge in [0, 0.05) is 37.4 Å². The Kier molecular flexibility index (Phi) is 4.14. The predicted molar refractivity (Wildman–Crippen MR) is 90.6 cm³/mol. The summed E-state index contributed by atoms with van der Waals surface area (Å²) in [5.41, 5.74) is 4.55. The van der Waals surface area contributed by atoms with Crippen LogP contribution in [0.4, 0.5) is 5.95 Å². The summed E-state index contributed by atoms with van der Waals surface area (Å²) < 4.78 is 1.93. The fraction of sp³-hybridized carbons (Fsp3) is 0.176. The number of hydrogen-bond acceptors (Lipinski definition) is 5. The highest BCUT2D eigenvalue weighted by molar-refractivity contribution is 5.60. The number of aryl methyl sites for hydroxylation is 3. The van der Waals surface area contributed by atoms with E-state index in [0.717, 1.165) is 34.3 Å². The molecule has 0 saturated carbocycles. The first-order valence-electron chi connectivity index (χ1n) is 7.30. The van der Waals surface area contributed by atoms with Crippen LogP contribution in [0, 0.1) is 13.8 Å². The van der Waals surface area contributed by atoms with Crippen LogP contribution in [0.3, 0.4) is 0 Å². The van der Waals surface area contributed by atoms with E-state index in [9.17, 15) is 0 Å². The average Bonchev–Trinajstić information content (AvgIpc) is 2.93. The summed E-state index contributed by atoms with van der Waals surface area (Å²) in [5, 5.41) is 3.17.